The van der Waals surface area contributed by atoms with Gasteiger partial charge < -0.3 is 16.4 Å². The average molecular weight is 561 g/mol. The quantitative estimate of drug-likeness (QED) is 0.164. The van der Waals surface area contributed by atoms with E-state index in [-0.39, 0.29) is 41.7 Å². The molecule has 0 bridgehead atoms. The number of nitrogen functional groups attached to an aromatic ring is 1. The zero-order valence-electron chi connectivity index (χ0n) is 18.8. The largest absolute Gasteiger partial charge is 0.382 e. The smallest absolute Gasteiger partial charge is 0.191 e. The monoisotopic (exact) mass is 561 g/mol. The summed E-state index contributed by atoms with van der Waals surface area (Å²) in [6, 6.07) is 18.3. The third-order valence-electron chi connectivity index (χ3n) is 5.02. The van der Waals surface area contributed by atoms with Gasteiger partial charge in [-0.2, -0.15) is 10.4 Å². The molecule has 0 saturated carbocycles. The van der Waals surface area contributed by atoms with Crippen molar-refractivity contribution >= 4 is 35.8 Å². The number of hydrogen-bond donors (Lipinski definition) is 3. The van der Waals surface area contributed by atoms with E-state index in [1.165, 1.54) is 22.4 Å². The summed E-state index contributed by atoms with van der Waals surface area (Å²) in [6.45, 7) is 5.43. The fourth-order valence-corrected chi connectivity index (χ4v) is 3.34. The van der Waals surface area contributed by atoms with Gasteiger partial charge in [0.2, 0.25) is 0 Å². The van der Waals surface area contributed by atoms with Crippen LogP contribution < -0.4 is 16.4 Å². The summed E-state index contributed by atoms with van der Waals surface area (Å²) < 4.78 is 14.7. The molecular formula is C24H29FIN7. The van der Waals surface area contributed by atoms with Crippen LogP contribution in [0.2, 0.25) is 0 Å². The molecule has 0 aliphatic heterocycles. The van der Waals surface area contributed by atoms with Crippen molar-refractivity contribution in [2.24, 2.45) is 4.99 Å². The zero-order chi connectivity index (χ0) is 22.9. The molecule has 9 heteroatoms. The van der Waals surface area contributed by atoms with E-state index in [1.54, 1.807) is 12.1 Å². The molecule has 3 aromatic rings. The normalized spacial score (nSPS) is 11.9. The van der Waals surface area contributed by atoms with Crippen LogP contribution in [0.1, 0.15) is 43.1 Å². The van der Waals surface area contributed by atoms with Crippen LogP contribution in [0, 0.1) is 17.1 Å². The minimum Gasteiger partial charge on any atom is -0.382 e. The van der Waals surface area contributed by atoms with Crippen molar-refractivity contribution < 1.29 is 4.39 Å². The number of guanidine groups is 1. The SMILES string of the molecule is CCNC(=NCCCc1nn(-c2ccc(F)cc2)c(N)c1C#N)NC(C)c1ccccc1.I. The minimum atomic E-state index is -0.343. The fourth-order valence-electron chi connectivity index (χ4n) is 3.34. The van der Waals surface area contributed by atoms with E-state index in [0.717, 1.165) is 12.5 Å². The Labute approximate surface area is 210 Å². The Hall–Kier alpha value is -3.13. The number of hydrogen-bond acceptors (Lipinski definition) is 4. The summed E-state index contributed by atoms with van der Waals surface area (Å²) in [6.07, 6.45) is 1.25. The Balaban J connectivity index is 0.00000385. The number of nitrogens with zero attached hydrogens (tertiary/aromatic N) is 4. The number of aromatic nitrogens is 2. The number of benzene rings is 2. The van der Waals surface area contributed by atoms with E-state index in [9.17, 15) is 9.65 Å². The van der Waals surface area contributed by atoms with Crippen LogP contribution in [-0.2, 0) is 6.42 Å². The van der Waals surface area contributed by atoms with Gasteiger partial charge in [0.25, 0.3) is 0 Å². The van der Waals surface area contributed by atoms with Gasteiger partial charge in [-0.05, 0) is 56.5 Å². The number of aliphatic imine (C=N–C) groups is 1. The Bertz CT molecular complexity index is 1090. The van der Waals surface area contributed by atoms with Crippen molar-refractivity contribution in [2.75, 3.05) is 18.8 Å². The highest BCUT2D eigenvalue weighted by atomic mass is 127. The Morgan fingerprint density at radius 2 is 1.91 bits per heavy atom. The minimum absolute atomic E-state index is 0. The molecule has 0 fully saturated rings. The maximum Gasteiger partial charge on any atom is 0.191 e. The van der Waals surface area contributed by atoms with E-state index >= 15 is 0 Å². The summed E-state index contributed by atoms with van der Waals surface area (Å²) in [5.74, 6) is 0.648. The molecule has 0 aliphatic carbocycles. The molecule has 0 radical (unpaired) electrons. The Morgan fingerprint density at radius 3 is 2.55 bits per heavy atom. The molecule has 174 valence electrons. The summed E-state index contributed by atoms with van der Waals surface area (Å²) in [7, 11) is 0. The molecule has 0 saturated heterocycles. The van der Waals surface area contributed by atoms with Crippen molar-refractivity contribution in [3.8, 4) is 11.8 Å². The van der Waals surface area contributed by atoms with Crippen molar-refractivity contribution in [1.29, 1.82) is 5.26 Å². The molecule has 1 heterocycles. The molecule has 0 spiro atoms. The van der Waals surface area contributed by atoms with Crippen LogP contribution in [0.4, 0.5) is 10.2 Å². The first-order chi connectivity index (χ1) is 15.5. The lowest BCUT2D eigenvalue weighted by Gasteiger charge is -2.18. The fraction of sp³-hybridized carbons (Fsp3) is 0.292. The van der Waals surface area contributed by atoms with Crippen LogP contribution >= 0.6 is 24.0 Å². The number of nitrogens with one attached hydrogen (secondary N) is 2. The zero-order valence-corrected chi connectivity index (χ0v) is 21.1. The highest BCUT2D eigenvalue weighted by Gasteiger charge is 2.16. The number of halogens is 2. The first-order valence-corrected chi connectivity index (χ1v) is 10.7. The van der Waals surface area contributed by atoms with Crippen LogP contribution in [0.3, 0.4) is 0 Å². The lowest BCUT2D eigenvalue weighted by atomic mass is 10.1. The van der Waals surface area contributed by atoms with Gasteiger partial charge in [0.1, 0.15) is 23.3 Å². The van der Waals surface area contributed by atoms with Gasteiger partial charge in [-0.15, -0.1) is 24.0 Å². The van der Waals surface area contributed by atoms with Crippen LogP contribution in [0.25, 0.3) is 5.69 Å². The molecule has 3 rings (SSSR count). The van der Waals surface area contributed by atoms with Crippen molar-refractivity contribution in [1.82, 2.24) is 20.4 Å². The third-order valence-corrected chi connectivity index (χ3v) is 5.02. The van der Waals surface area contributed by atoms with Crippen molar-refractivity contribution in [3.63, 3.8) is 0 Å². The van der Waals surface area contributed by atoms with Gasteiger partial charge >= 0.3 is 0 Å². The summed E-state index contributed by atoms with van der Waals surface area (Å²) in [5, 5.41) is 20.7. The van der Waals surface area contributed by atoms with Gasteiger partial charge in [-0.1, -0.05) is 30.3 Å². The molecule has 0 aliphatic rings. The second-order valence-electron chi connectivity index (χ2n) is 7.35. The Kier molecular flexibility index (Phi) is 10.1. The van der Waals surface area contributed by atoms with Gasteiger partial charge in [0.15, 0.2) is 5.96 Å². The van der Waals surface area contributed by atoms with Crippen molar-refractivity contribution in [2.45, 2.75) is 32.7 Å². The van der Waals surface area contributed by atoms with Crippen LogP contribution in [0.5, 0.6) is 0 Å². The van der Waals surface area contributed by atoms with E-state index in [4.69, 9.17) is 5.73 Å². The third kappa shape index (κ3) is 6.92. The van der Waals surface area contributed by atoms with Gasteiger partial charge in [0.05, 0.1) is 17.4 Å². The molecule has 1 aromatic heterocycles. The molecule has 2 aromatic carbocycles. The molecule has 7 nitrogen and oxygen atoms in total. The maximum absolute atomic E-state index is 13.2. The van der Waals surface area contributed by atoms with E-state index in [2.05, 4.69) is 45.9 Å². The molecule has 33 heavy (non-hydrogen) atoms. The van der Waals surface area contributed by atoms with Gasteiger partial charge in [0, 0.05) is 13.1 Å². The lowest BCUT2D eigenvalue weighted by molar-refractivity contribution is 0.627. The van der Waals surface area contributed by atoms with E-state index in [0.29, 0.717) is 36.3 Å². The second kappa shape index (κ2) is 12.8. The maximum atomic E-state index is 13.2. The second-order valence-corrected chi connectivity index (χ2v) is 7.35. The number of rotatable bonds is 8. The molecular weight excluding hydrogens is 532 g/mol. The highest BCUT2D eigenvalue weighted by molar-refractivity contribution is 14.0. The predicted molar refractivity (Wildman–Crippen MR) is 140 cm³/mol. The number of anilines is 1. The summed E-state index contributed by atoms with van der Waals surface area (Å²) in [4.78, 5) is 4.65. The molecule has 4 N–H and O–H groups in total. The highest BCUT2D eigenvalue weighted by Crippen LogP contribution is 2.21. The van der Waals surface area contributed by atoms with Gasteiger partial charge in [-0.25, -0.2) is 9.07 Å². The van der Waals surface area contributed by atoms with E-state index < -0.39 is 0 Å². The first-order valence-electron chi connectivity index (χ1n) is 10.7. The molecule has 1 unspecified atom stereocenters. The Morgan fingerprint density at radius 1 is 1.21 bits per heavy atom. The molecule has 0 amide bonds. The van der Waals surface area contributed by atoms with Crippen LogP contribution in [0.15, 0.2) is 59.6 Å². The number of nitriles is 1. The number of aryl methyl sites for hydroxylation is 1. The van der Waals surface area contributed by atoms with Gasteiger partial charge in [-0.3, -0.25) is 4.99 Å². The average Bonchev–Trinajstić information content (AvgIpc) is 3.13. The molecule has 1 atom stereocenters. The standard InChI is InChI=1S/C24H28FN7.HI/c1-3-28-24(30-17(2)18-8-5-4-6-9-18)29-15-7-10-22-21(16-26)23(27)32(31-22)20-13-11-19(25)12-14-20;/h4-6,8-9,11-14,17H,3,7,10,15,27H2,1-2H3,(H2,28,29,30);1H. The summed E-state index contributed by atoms with van der Waals surface area (Å²) >= 11 is 0. The van der Waals surface area contributed by atoms with Crippen LogP contribution in [-0.4, -0.2) is 28.8 Å². The van der Waals surface area contributed by atoms with Crippen molar-refractivity contribution in [3.05, 3.63) is 77.2 Å². The van der Waals surface area contributed by atoms with E-state index in [1.807, 2.05) is 25.1 Å². The predicted octanol–water partition coefficient (Wildman–Crippen LogP) is 4.33. The summed E-state index contributed by atoms with van der Waals surface area (Å²) in [5.41, 5.74) is 8.87. The first kappa shape index (κ1) is 26.1. The number of nitrogens with two attached hydrogens (primary N) is 1. The lowest BCUT2D eigenvalue weighted by Crippen LogP contribution is -2.38. The topological polar surface area (TPSA) is 104 Å².